The smallest absolute Gasteiger partial charge is 0.0900 e. The van der Waals surface area contributed by atoms with E-state index in [0.717, 1.165) is 12.6 Å². The van der Waals surface area contributed by atoms with E-state index < -0.39 is 0 Å². The summed E-state index contributed by atoms with van der Waals surface area (Å²) in [6.45, 7) is 7.82. The van der Waals surface area contributed by atoms with Gasteiger partial charge >= 0.3 is 0 Å². The van der Waals surface area contributed by atoms with Gasteiger partial charge in [-0.1, -0.05) is 6.42 Å². The Morgan fingerprint density at radius 2 is 2.11 bits per heavy atom. The van der Waals surface area contributed by atoms with Gasteiger partial charge in [0.1, 0.15) is 0 Å². The molecule has 0 bridgehead atoms. The molecule has 1 aliphatic heterocycles. The average Bonchev–Trinajstić information content (AvgIpc) is 3.18. The molecular weight excluding hydrogens is 254 g/mol. The summed E-state index contributed by atoms with van der Waals surface area (Å²) in [7, 11) is 0. The van der Waals surface area contributed by atoms with Crippen LogP contribution in [0.1, 0.15) is 47.7 Å². The van der Waals surface area contributed by atoms with Crippen molar-refractivity contribution in [1.29, 1.82) is 0 Å². The van der Waals surface area contributed by atoms with Crippen LogP contribution in [0.15, 0.2) is 0 Å². The van der Waals surface area contributed by atoms with E-state index in [1.807, 2.05) is 11.3 Å². The predicted molar refractivity (Wildman–Crippen MR) is 80.7 cm³/mol. The second kappa shape index (κ2) is 5.90. The number of aryl methyl sites for hydroxylation is 2. The number of thiazole rings is 1. The number of hydrogen-bond donors (Lipinski definition) is 1. The van der Waals surface area contributed by atoms with E-state index in [-0.39, 0.29) is 0 Å². The first-order valence-electron chi connectivity index (χ1n) is 7.62. The molecule has 1 unspecified atom stereocenters. The van der Waals surface area contributed by atoms with Crippen molar-refractivity contribution in [2.24, 2.45) is 0 Å². The van der Waals surface area contributed by atoms with Crippen LogP contribution >= 0.6 is 11.3 Å². The highest BCUT2D eigenvalue weighted by molar-refractivity contribution is 7.11. The van der Waals surface area contributed by atoms with Gasteiger partial charge in [0.05, 0.1) is 10.7 Å². The average molecular weight is 279 g/mol. The third-order valence-corrected chi connectivity index (χ3v) is 5.33. The Kier molecular flexibility index (Phi) is 4.20. The molecule has 0 amide bonds. The highest BCUT2D eigenvalue weighted by Crippen LogP contribution is 2.31. The summed E-state index contributed by atoms with van der Waals surface area (Å²) in [5.74, 6) is 0. The second-order valence-corrected chi connectivity index (χ2v) is 7.34. The van der Waals surface area contributed by atoms with Crippen LogP contribution < -0.4 is 5.32 Å². The van der Waals surface area contributed by atoms with Gasteiger partial charge in [-0.15, -0.1) is 11.3 Å². The van der Waals surface area contributed by atoms with Gasteiger partial charge < -0.3 is 5.32 Å². The van der Waals surface area contributed by atoms with Crippen LogP contribution in [0.3, 0.4) is 0 Å². The van der Waals surface area contributed by atoms with Gasteiger partial charge in [-0.05, 0) is 46.1 Å². The number of hydrogen-bond acceptors (Lipinski definition) is 4. The van der Waals surface area contributed by atoms with Crippen LogP contribution in [0, 0.1) is 13.8 Å². The van der Waals surface area contributed by atoms with Crippen molar-refractivity contribution in [1.82, 2.24) is 15.2 Å². The van der Waals surface area contributed by atoms with Crippen molar-refractivity contribution < 1.29 is 0 Å². The molecule has 2 aliphatic rings. The molecule has 106 valence electrons. The fraction of sp³-hybridized carbons (Fsp3) is 0.800. The quantitative estimate of drug-likeness (QED) is 0.898. The van der Waals surface area contributed by atoms with Crippen molar-refractivity contribution in [2.75, 3.05) is 13.1 Å². The fourth-order valence-corrected chi connectivity index (χ4v) is 4.01. The standard InChI is InChI=1S/C15H25N3S/c1-11-15(19-12(2)17-11)10-18(14-6-7-14)9-13-5-3-4-8-16-13/h13-14,16H,3-10H2,1-2H3. The topological polar surface area (TPSA) is 28.2 Å². The lowest BCUT2D eigenvalue weighted by molar-refractivity contribution is 0.209. The van der Waals surface area contributed by atoms with Gasteiger partial charge in [0.25, 0.3) is 0 Å². The molecule has 1 aromatic rings. The summed E-state index contributed by atoms with van der Waals surface area (Å²) in [5.41, 5.74) is 1.24. The number of piperidine rings is 1. The molecule has 2 fully saturated rings. The Bertz CT molecular complexity index is 419. The molecular formula is C15H25N3S. The lowest BCUT2D eigenvalue weighted by Crippen LogP contribution is -2.44. The minimum absolute atomic E-state index is 0.712. The van der Waals surface area contributed by atoms with E-state index in [1.54, 1.807) is 0 Å². The van der Waals surface area contributed by atoms with Crippen LogP contribution in [0.5, 0.6) is 0 Å². The third kappa shape index (κ3) is 3.56. The molecule has 0 radical (unpaired) electrons. The number of aromatic nitrogens is 1. The molecule has 1 atom stereocenters. The molecule has 19 heavy (non-hydrogen) atoms. The van der Waals surface area contributed by atoms with Gasteiger partial charge in [-0.3, -0.25) is 4.90 Å². The summed E-state index contributed by atoms with van der Waals surface area (Å²) in [6.07, 6.45) is 6.89. The molecule has 4 heteroatoms. The molecule has 1 saturated heterocycles. The minimum Gasteiger partial charge on any atom is -0.313 e. The minimum atomic E-state index is 0.712. The molecule has 0 aromatic carbocycles. The zero-order valence-corrected chi connectivity index (χ0v) is 12.9. The van der Waals surface area contributed by atoms with E-state index in [9.17, 15) is 0 Å². The summed E-state index contributed by atoms with van der Waals surface area (Å²) in [6, 6.07) is 1.55. The van der Waals surface area contributed by atoms with E-state index in [4.69, 9.17) is 0 Å². The first kappa shape index (κ1) is 13.5. The number of nitrogens with zero attached hydrogens (tertiary/aromatic N) is 2. The molecule has 0 spiro atoms. The number of nitrogens with one attached hydrogen (secondary N) is 1. The van der Waals surface area contributed by atoms with Crippen LogP contribution in [0.2, 0.25) is 0 Å². The van der Waals surface area contributed by atoms with Crippen LogP contribution in [-0.4, -0.2) is 35.1 Å². The molecule has 1 aromatic heterocycles. The first-order chi connectivity index (χ1) is 9.22. The van der Waals surface area contributed by atoms with Crippen LogP contribution in [0.25, 0.3) is 0 Å². The molecule has 2 heterocycles. The van der Waals surface area contributed by atoms with E-state index >= 15 is 0 Å². The van der Waals surface area contributed by atoms with Crippen molar-refractivity contribution in [3.05, 3.63) is 15.6 Å². The molecule has 1 N–H and O–H groups in total. The summed E-state index contributed by atoms with van der Waals surface area (Å²) < 4.78 is 0. The Balaban J connectivity index is 1.62. The highest BCUT2D eigenvalue weighted by Gasteiger charge is 2.31. The van der Waals surface area contributed by atoms with Gasteiger partial charge in [-0.25, -0.2) is 4.98 Å². The first-order valence-corrected chi connectivity index (χ1v) is 8.44. The molecule has 3 nitrogen and oxygen atoms in total. The van der Waals surface area contributed by atoms with E-state index in [2.05, 4.69) is 29.0 Å². The van der Waals surface area contributed by atoms with E-state index in [0.29, 0.717) is 6.04 Å². The monoisotopic (exact) mass is 279 g/mol. The molecule has 1 saturated carbocycles. The lowest BCUT2D eigenvalue weighted by Gasteiger charge is -2.30. The maximum absolute atomic E-state index is 4.57. The van der Waals surface area contributed by atoms with Crippen molar-refractivity contribution in [3.8, 4) is 0 Å². The fourth-order valence-electron chi connectivity index (χ4n) is 3.05. The third-order valence-electron chi connectivity index (χ3n) is 4.28. The lowest BCUT2D eigenvalue weighted by atomic mass is 10.0. The Morgan fingerprint density at radius 3 is 2.68 bits per heavy atom. The number of rotatable bonds is 5. The Hall–Kier alpha value is -0.450. The summed E-state index contributed by atoms with van der Waals surface area (Å²) in [5, 5.41) is 4.89. The van der Waals surface area contributed by atoms with Gasteiger partial charge in [0, 0.05) is 30.1 Å². The summed E-state index contributed by atoms with van der Waals surface area (Å²) in [4.78, 5) is 8.74. The Labute approximate surface area is 120 Å². The second-order valence-electron chi connectivity index (χ2n) is 6.05. The van der Waals surface area contributed by atoms with Gasteiger partial charge in [0.2, 0.25) is 0 Å². The Morgan fingerprint density at radius 1 is 1.26 bits per heavy atom. The zero-order valence-electron chi connectivity index (χ0n) is 12.1. The van der Waals surface area contributed by atoms with Crippen molar-refractivity contribution in [3.63, 3.8) is 0 Å². The SMILES string of the molecule is Cc1nc(C)c(CN(CC2CCCCN2)C2CC2)s1. The van der Waals surface area contributed by atoms with Crippen molar-refractivity contribution >= 4 is 11.3 Å². The van der Waals surface area contributed by atoms with Gasteiger partial charge in [0.15, 0.2) is 0 Å². The van der Waals surface area contributed by atoms with Crippen molar-refractivity contribution in [2.45, 2.75) is 64.6 Å². The molecule has 1 aliphatic carbocycles. The normalized spacial score (nSPS) is 24.1. The van der Waals surface area contributed by atoms with Gasteiger partial charge in [-0.2, -0.15) is 0 Å². The van der Waals surface area contributed by atoms with E-state index in [1.165, 1.54) is 60.8 Å². The molecule has 3 rings (SSSR count). The zero-order chi connectivity index (χ0) is 13.2. The summed E-state index contributed by atoms with van der Waals surface area (Å²) >= 11 is 1.88. The van der Waals surface area contributed by atoms with Crippen LogP contribution in [0.4, 0.5) is 0 Å². The van der Waals surface area contributed by atoms with Crippen LogP contribution in [-0.2, 0) is 6.54 Å². The highest BCUT2D eigenvalue weighted by atomic mass is 32.1. The predicted octanol–water partition coefficient (Wildman–Crippen LogP) is 2.87. The maximum atomic E-state index is 4.57. The maximum Gasteiger partial charge on any atom is 0.0900 e. The largest absolute Gasteiger partial charge is 0.313 e.